The lowest BCUT2D eigenvalue weighted by Gasteiger charge is -2.27. The second kappa shape index (κ2) is 14.4. The highest BCUT2D eigenvalue weighted by atomic mass is 19.1. The van der Waals surface area contributed by atoms with Gasteiger partial charge in [0.25, 0.3) is 5.91 Å². The van der Waals surface area contributed by atoms with Crippen molar-refractivity contribution in [1.29, 1.82) is 5.26 Å². The minimum absolute atomic E-state index is 0.00655. The smallest absolute Gasteiger partial charge is 0.251 e. The van der Waals surface area contributed by atoms with Crippen LogP contribution < -0.4 is 10.6 Å². The van der Waals surface area contributed by atoms with E-state index in [-0.39, 0.29) is 24.1 Å². The molecule has 1 saturated carbocycles. The molecule has 4 rings (SSSR count). The Morgan fingerprint density at radius 1 is 1.09 bits per heavy atom. The Morgan fingerprint density at radius 2 is 1.84 bits per heavy atom. The molecule has 8 heteroatoms. The molecule has 224 valence electrons. The van der Waals surface area contributed by atoms with Crippen LogP contribution in [-0.4, -0.2) is 48.2 Å². The third-order valence-electron chi connectivity index (χ3n) is 7.87. The summed E-state index contributed by atoms with van der Waals surface area (Å²) in [5.74, 6) is 0.680. The number of carbonyl (C=O) groups is 1. The van der Waals surface area contributed by atoms with Gasteiger partial charge in [0.1, 0.15) is 11.6 Å². The number of benzene rings is 3. The van der Waals surface area contributed by atoms with Gasteiger partial charge >= 0.3 is 0 Å². The van der Waals surface area contributed by atoms with Crippen LogP contribution in [0.25, 0.3) is 0 Å². The van der Waals surface area contributed by atoms with Gasteiger partial charge in [0.05, 0.1) is 23.8 Å². The van der Waals surface area contributed by atoms with Crippen molar-refractivity contribution in [2.24, 2.45) is 0 Å². The van der Waals surface area contributed by atoms with Gasteiger partial charge in [-0.2, -0.15) is 5.26 Å². The van der Waals surface area contributed by atoms with Gasteiger partial charge in [0.15, 0.2) is 0 Å². The number of rotatable bonds is 14. The molecule has 0 bridgehead atoms. The summed E-state index contributed by atoms with van der Waals surface area (Å²) in [5, 5.41) is 27.3. The highest BCUT2D eigenvalue weighted by Gasteiger charge is 2.44. The molecule has 3 aromatic rings. The molecule has 1 amide bonds. The van der Waals surface area contributed by atoms with Crippen molar-refractivity contribution in [2.45, 2.75) is 63.3 Å². The lowest BCUT2D eigenvalue weighted by Crippen LogP contribution is -2.50. The monoisotopic (exact) mass is 584 g/mol. The van der Waals surface area contributed by atoms with Gasteiger partial charge in [-0.25, -0.2) is 8.78 Å². The third kappa shape index (κ3) is 8.72. The lowest BCUT2D eigenvalue weighted by atomic mass is 9.98. The van der Waals surface area contributed by atoms with Crippen LogP contribution in [0.15, 0.2) is 60.7 Å². The van der Waals surface area contributed by atoms with Crippen molar-refractivity contribution >= 4 is 5.91 Å². The van der Waals surface area contributed by atoms with Crippen molar-refractivity contribution in [3.05, 3.63) is 106 Å². The van der Waals surface area contributed by atoms with E-state index in [2.05, 4.69) is 34.4 Å². The Morgan fingerprint density at radius 3 is 2.49 bits per heavy atom. The second-order valence-corrected chi connectivity index (χ2v) is 11.4. The number of halogens is 2. The Balaban J connectivity index is 1.54. The summed E-state index contributed by atoms with van der Waals surface area (Å²) >= 11 is 0. The predicted octanol–water partition coefficient (Wildman–Crippen LogP) is 5.03. The fraction of sp³-hybridized carbons (Fsp3) is 0.371. The molecule has 2 atom stereocenters. The number of nitriles is 1. The first-order valence-corrected chi connectivity index (χ1v) is 14.6. The summed E-state index contributed by atoms with van der Waals surface area (Å²) < 4.78 is 28.1. The summed E-state index contributed by atoms with van der Waals surface area (Å²) in [4.78, 5) is 15.7. The fourth-order valence-electron chi connectivity index (χ4n) is 5.36. The van der Waals surface area contributed by atoms with Gasteiger partial charge in [0, 0.05) is 35.8 Å². The van der Waals surface area contributed by atoms with E-state index < -0.39 is 29.7 Å². The molecular weight excluding hydrogens is 546 g/mol. The van der Waals surface area contributed by atoms with E-state index in [1.807, 2.05) is 31.3 Å². The molecule has 6 nitrogen and oxygen atoms in total. The molecule has 0 aromatic heterocycles. The van der Waals surface area contributed by atoms with E-state index in [1.54, 1.807) is 12.1 Å². The molecule has 43 heavy (non-hydrogen) atoms. The summed E-state index contributed by atoms with van der Waals surface area (Å²) in [6.45, 7) is 3.69. The zero-order chi connectivity index (χ0) is 31.0. The zero-order valence-corrected chi connectivity index (χ0v) is 24.7. The highest BCUT2D eigenvalue weighted by Crippen LogP contribution is 2.45. The second-order valence-electron chi connectivity index (χ2n) is 11.4. The molecule has 2 unspecified atom stereocenters. The van der Waals surface area contributed by atoms with Crippen molar-refractivity contribution in [2.75, 3.05) is 20.1 Å². The van der Waals surface area contributed by atoms with Crippen LogP contribution in [0.2, 0.25) is 0 Å². The van der Waals surface area contributed by atoms with Crippen LogP contribution in [0.1, 0.15) is 70.8 Å². The number of terminal acetylenes is 1. The maximum absolute atomic E-state index is 14.0. The summed E-state index contributed by atoms with van der Waals surface area (Å²) in [7, 11) is 1.99. The number of aliphatic hydroxyl groups is 1. The van der Waals surface area contributed by atoms with E-state index in [0.29, 0.717) is 17.7 Å². The first kappa shape index (κ1) is 31.8. The molecular formula is C35H38F2N4O2. The fourth-order valence-corrected chi connectivity index (χ4v) is 5.36. The van der Waals surface area contributed by atoms with Gasteiger partial charge in [-0.1, -0.05) is 31.4 Å². The molecule has 0 aliphatic heterocycles. The van der Waals surface area contributed by atoms with Crippen molar-refractivity contribution < 1.29 is 18.7 Å². The summed E-state index contributed by atoms with van der Waals surface area (Å²) in [6.07, 6.45) is 8.29. The van der Waals surface area contributed by atoms with E-state index in [1.165, 1.54) is 18.2 Å². The molecule has 0 spiro atoms. The number of unbranched alkanes of at least 4 members (excludes halogenated alkanes) is 1. The molecule has 0 heterocycles. The van der Waals surface area contributed by atoms with E-state index in [9.17, 15) is 23.9 Å². The molecule has 0 radical (unpaired) electrons. The number of hydrogen-bond donors (Lipinski definition) is 3. The van der Waals surface area contributed by atoms with Crippen LogP contribution in [-0.2, 0) is 18.5 Å². The van der Waals surface area contributed by atoms with E-state index in [0.717, 1.165) is 55.0 Å². The van der Waals surface area contributed by atoms with E-state index >= 15 is 0 Å². The van der Waals surface area contributed by atoms with Crippen LogP contribution in [0.3, 0.4) is 0 Å². The maximum Gasteiger partial charge on any atom is 0.251 e. The average molecular weight is 585 g/mol. The quantitative estimate of drug-likeness (QED) is 0.232. The highest BCUT2D eigenvalue weighted by molar-refractivity contribution is 5.95. The van der Waals surface area contributed by atoms with Crippen molar-refractivity contribution in [1.82, 2.24) is 15.5 Å². The number of nitrogens with one attached hydrogen (secondary N) is 2. The van der Waals surface area contributed by atoms with Crippen molar-refractivity contribution in [3.8, 4) is 18.4 Å². The summed E-state index contributed by atoms with van der Waals surface area (Å²) in [5.41, 5.74) is 3.19. The largest absolute Gasteiger partial charge is 0.390 e. The van der Waals surface area contributed by atoms with Gasteiger partial charge < -0.3 is 20.6 Å². The van der Waals surface area contributed by atoms with Crippen LogP contribution in [0, 0.1) is 35.3 Å². The Hall–Kier alpha value is -4.08. The molecule has 3 N–H and O–H groups in total. The number of aliphatic hydroxyl groups excluding tert-OH is 1. The van der Waals surface area contributed by atoms with Gasteiger partial charge in [-0.15, -0.1) is 6.42 Å². The number of carbonyl (C=O) groups excluding carboxylic acids is 1. The maximum atomic E-state index is 14.0. The lowest BCUT2D eigenvalue weighted by molar-refractivity contribution is 0.0822. The molecule has 0 saturated heterocycles. The van der Waals surface area contributed by atoms with Crippen LogP contribution >= 0.6 is 0 Å². The molecule has 1 aliphatic rings. The predicted molar refractivity (Wildman–Crippen MR) is 163 cm³/mol. The van der Waals surface area contributed by atoms with Gasteiger partial charge in [0.2, 0.25) is 0 Å². The average Bonchev–Trinajstić information content (AvgIpc) is 3.79. The van der Waals surface area contributed by atoms with Gasteiger partial charge in [-0.05, 0) is 98.4 Å². The topological polar surface area (TPSA) is 88.4 Å². The number of nitrogens with zero attached hydrogens (tertiary/aromatic N) is 2. The molecule has 3 aromatic carbocycles. The van der Waals surface area contributed by atoms with Crippen LogP contribution in [0.4, 0.5) is 8.78 Å². The molecule has 1 fully saturated rings. The Labute approximate surface area is 252 Å². The van der Waals surface area contributed by atoms with Crippen LogP contribution in [0.5, 0.6) is 0 Å². The minimum atomic E-state index is -1.10. The normalized spacial score (nSPS) is 14.9. The Kier molecular flexibility index (Phi) is 10.7. The number of amides is 1. The first-order chi connectivity index (χ1) is 20.6. The summed E-state index contributed by atoms with van der Waals surface area (Å²) in [6, 6.07) is 17.1. The Bertz CT molecular complexity index is 1500. The molecule has 1 aliphatic carbocycles. The third-order valence-corrected chi connectivity index (χ3v) is 7.87. The van der Waals surface area contributed by atoms with Gasteiger partial charge in [-0.3, -0.25) is 4.79 Å². The number of hydrogen-bond acceptors (Lipinski definition) is 5. The zero-order valence-electron chi connectivity index (χ0n) is 24.7. The van der Waals surface area contributed by atoms with E-state index in [4.69, 9.17) is 6.42 Å². The first-order valence-electron chi connectivity index (χ1n) is 14.6. The van der Waals surface area contributed by atoms with Crippen molar-refractivity contribution in [3.63, 3.8) is 0 Å². The standard InChI is InChI=1S/C35H38F2N4O2/c1-4-6-12-41(3)23-27-13-26(21-38)14-28(15-27)34(43)40-32(19-25-17-30(36)20-31(37)18-25)33(42)22-39-35(10-11-35)29-9-7-8-24(5-2)16-29/h2,7-9,13-18,20,32-33,39,42H,4,6,10-12,19,22-23H2,1,3H3,(H,40,43). The SMILES string of the molecule is C#Cc1cccc(C2(NCC(O)C(Cc3cc(F)cc(F)c3)NC(=O)c3cc(C#N)cc(CN(C)CCCC)c3)CC2)c1. The minimum Gasteiger partial charge on any atom is -0.390 e.